The fraction of sp³-hybridized carbons (Fsp3) is 0.160. The summed E-state index contributed by atoms with van der Waals surface area (Å²) in [5, 5.41) is 0. The molecule has 4 rings (SSSR count). The average molecular weight is 404 g/mol. The van der Waals surface area contributed by atoms with Gasteiger partial charge in [0.2, 0.25) is 0 Å². The van der Waals surface area contributed by atoms with Gasteiger partial charge in [-0.15, -0.1) is 0 Å². The van der Waals surface area contributed by atoms with Crippen LogP contribution in [0.25, 0.3) is 11.3 Å². The van der Waals surface area contributed by atoms with E-state index in [-0.39, 0.29) is 0 Å². The SMILES string of the molecule is CC.CN.c1ccc(OCc2ncc(-c3ccc(Oc4ccccc4)cc3)[nH]2)cc1. The summed E-state index contributed by atoms with van der Waals surface area (Å²) in [6.07, 6.45) is 1.82. The van der Waals surface area contributed by atoms with Crippen molar-refractivity contribution in [2.75, 3.05) is 7.05 Å². The third-order valence-corrected chi connectivity index (χ3v) is 3.89. The standard InChI is InChI=1S/C22H18N2O2.C2H6.CH5N/c1-3-7-18(8-4-1)25-16-22-23-15-21(24-22)17-11-13-20(14-12-17)26-19-9-5-2-6-10-19;2*1-2/h1-15H,16H2,(H,23,24);1-2H3;2H2,1H3. The first-order valence-corrected chi connectivity index (χ1v) is 10.00. The summed E-state index contributed by atoms with van der Waals surface area (Å²) in [6, 6.07) is 27.4. The van der Waals surface area contributed by atoms with Gasteiger partial charge in [0, 0.05) is 0 Å². The van der Waals surface area contributed by atoms with E-state index in [0.29, 0.717) is 6.61 Å². The van der Waals surface area contributed by atoms with Crippen LogP contribution in [0.4, 0.5) is 0 Å². The number of aromatic amines is 1. The topological polar surface area (TPSA) is 73.2 Å². The van der Waals surface area contributed by atoms with Crippen molar-refractivity contribution in [2.45, 2.75) is 20.5 Å². The molecule has 5 heteroatoms. The van der Waals surface area contributed by atoms with Gasteiger partial charge in [-0.25, -0.2) is 4.98 Å². The highest BCUT2D eigenvalue weighted by Crippen LogP contribution is 2.25. The lowest BCUT2D eigenvalue weighted by Gasteiger charge is -2.06. The maximum absolute atomic E-state index is 5.82. The van der Waals surface area contributed by atoms with Gasteiger partial charge in [0.15, 0.2) is 0 Å². The zero-order valence-electron chi connectivity index (χ0n) is 17.7. The van der Waals surface area contributed by atoms with Crippen molar-refractivity contribution in [3.05, 3.63) is 97.0 Å². The van der Waals surface area contributed by atoms with E-state index >= 15 is 0 Å². The van der Waals surface area contributed by atoms with Crippen molar-refractivity contribution >= 4 is 0 Å². The second kappa shape index (κ2) is 12.8. The van der Waals surface area contributed by atoms with E-state index in [4.69, 9.17) is 9.47 Å². The summed E-state index contributed by atoms with van der Waals surface area (Å²) in [5.74, 6) is 3.23. The van der Waals surface area contributed by atoms with Crippen molar-refractivity contribution in [3.8, 4) is 28.5 Å². The first-order valence-electron chi connectivity index (χ1n) is 10.00. The number of ether oxygens (including phenoxy) is 2. The van der Waals surface area contributed by atoms with Crippen LogP contribution < -0.4 is 15.2 Å². The van der Waals surface area contributed by atoms with Gasteiger partial charge < -0.3 is 20.2 Å². The number of nitrogens with one attached hydrogen (secondary N) is 1. The molecule has 0 aliphatic rings. The Morgan fingerprint density at radius 1 is 0.733 bits per heavy atom. The Labute approximate surface area is 178 Å². The molecule has 0 aliphatic carbocycles. The molecule has 0 atom stereocenters. The van der Waals surface area contributed by atoms with Crippen molar-refractivity contribution in [2.24, 2.45) is 5.73 Å². The third kappa shape index (κ3) is 6.79. The van der Waals surface area contributed by atoms with Crippen molar-refractivity contribution in [3.63, 3.8) is 0 Å². The number of para-hydroxylation sites is 2. The van der Waals surface area contributed by atoms with E-state index in [1.54, 1.807) is 0 Å². The molecule has 1 heterocycles. The molecule has 3 N–H and O–H groups in total. The molecule has 30 heavy (non-hydrogen) atoms. The summed E-state index contributed by atoms with van der Waals surface area (Å²) in [6.45, 7) is 4.40. The van der Waals surface area contributed by atoms with Gasteiger partial charge in [-0.05, 0) is 61.1 Å². The molecule has 0 spiro atoms. The lowest BCUT2D eigenvalue weighted by molar-refractivity contribution is 0.297. The minimum absolute atomic E-state index is 0.402. The van der Waals surface area contributed by atoms with Gasteiger partial charge in [-0.1, -0.05) is 50.2 Å². The minimum atomic E-state index is 0.402. The van der Waals surface area contributed by atoms with E-state index in [2.05, 4.69) is 15.7 Å². The van der Waals surface area contributed by atoms with E-state index < -0.39 is 0 Å². The maximum Gasteiger partial charge on any atom is 0.146 e. The van der Waals surface area contributed by atoms with Crippen LogP contribution in [-0.4, -0.2) is 17.0 Å². The average Bonchev–Trinajstić information content (AvgIpc) is 3.31. The van der Waals surface area contributed by atoms with Crippen LogP contribution in [-0.2, 0) is 6.61 Å². The molecule has 0 bridgehead atoms. The number of hydrogen-bond donors (Lipinski definition) is 2. The van der Waals surface area contributed by atoms with Gasteiger partial charge in [0.25, 0.3) is 0 Å². The quantitative estimate of drug-likeness (QED) is 0.411. The van der Waals surface area contributed by atoms with Gasteiger partial charge in [0.05, 0.1) is 11.9 Å². The molecule has 0 saturated heterocycles. The Hall–Kier alpha value is -3.57. The smallest absolute Gasteiger partial charge is 0.146 e. The highest BCUT2D eigenvalue weighted by molar-refractivity contribution is 5.59. The summed E-state index contributed by atoms with van der Waals surface area (Å²) < 4.78 is 11.5. The van der Waals surface area contributed by atoms with Crippen LogP contribution in [0.5, 0.6) is 17.2 Å². The zero-order chi connectivity index (χ0) is 21.6. The van der Waals surface area contributed by atoms with Crippen molar-refractivity contribution in [1.29, 1.82) is 0 Å². The molecular formula is C25H29N3O2. The lowest BCUT2D eigenvalue weighted by Crippen LogP contribution is -1.97. The zero-order valence-corrected chi connectivity index (χ0v) is 17.7. The first kappa shape index (κ1) is 22.7. The number of hydrogen-bond acceptors (Lipinski definition) is 4. The van der Waals surface area contributed by atoms with Crippen LogP contribution in [0.15, 0.2) is 91.1 Å². The van der Waals surface area contributed by atoms with E-state index in [1.165, 1.54) is 7.05 Å². The Kier molecular flexibility index (Phi) is 9.69. The Morgan fingerprint density at radius 3 is 1.87 bits per heavy atom. The number of rotatable bonds is 6. The molecule has 0 fully saturated rings. The molecule has 156 valence electrons. The fourth-order valence-corrected chi connectivity index (χ4v) is 2.58. The minimum Gasteiger partial charge on any atom is -0.486 e. The monoisotopic (exact) mass is 403 g/mol. The van der Waals surface area contributed by atoms with Crippen molar-refractivity contribution in [1.82, 2.24) is 9.97 Å². The van der Waals surface area contributed by atoms with Gasteiger partial charge in [-0.3, -0.25) is 0 Å². The Morgan fingerprint density at radius 2 is 1.27 bits per heavy atom. The number of benzene rings is 3. The van der Waals surface area contributed by atoms with Gasteiger partial charge >= 0.3 is 0 Å². The van der Waals surface area contributed by atoms with E-state index in [1.807, 2.05) is 105 Å². The molecule has 3 aromatic carbocycles. The predicted molar refractivity (Wildman–Crippen MR) is 123 cm³/mol. The summed E-state index contributed by atoms with van der Waals surface area (Å²) in [7, 11) is 1.50. The second-order valence-electron chi connectivity index (χ2n) is 5.78. The molecule has 0 unspecified atom stereocenters. The summed E-state index contributed by atoms with van der Waals surface area (Å²) in [4.78, 5) is 7.68. The molecule has 0 amide bonds. The highest BCUT2D eigenvalue weighted by Gasteiger charge is 2.05. The van der Waals surface area contributed by atoms with Crippen LogP contribution in [0, 0.1) is 0 Å². The second-order valence-corrected chi connectivity index (χ2v) is 5.78. The molecule has 0 radical (unpaired) electrons. The number of aromatic nitrogens is 2. The summed E-state index contributed by atoms with van der Waals surface area (Å²) in [5.41, 5.74) is 6.49. The number of imidazole rings is 1. The van der Waals surface area contributed by atoms with E-state index in [9.17, 15) is 0 Å². The molecule has 5 nitrogen and oxygen atoms in total. The molecule has 0 saturated carbocycles. The number of nitrogens with two attached hydrogens (primary N) is 1. The lowest BCUT2D eigenvalue weighted by atomic mass is 10.1. The van der Waals surface area contributed by atoms with Crippen LogP contribution in [0.1, 0.15) is 19.7 Å². The third-order valence-electron chi connectivity index (χ3n) is 3.89. The first-order chi connectivity index (χ1) is 14.9. The largest absolute Gasteiger partial charge is 0.486 e. The molecular weight excluding hydrogens is 374 g/mol. The molecule has 1 aromatic heterocycles. The van der Waals surface area contributed by atoms with Gasteiger partial charge in [0.1, 0.15) is 29.7 Å². The normalized spacial score (nSPS) is 9.47. The van der Waals surface area contributed by atoms with Crippen LogP contribution >= 0.6 is 0 Å². The maximum atomic E-state index is 5.82. The fourth-order valence-electron chi connectivity index (χ4n) is 2.58. The number of H-pyrrole nitrogens is 1. The molecule has 4 aromatic rings. The van der Waals surface area contributed by atoms with Crippen LogP contribution in [0.2, 0.25) is 0 Å². The van der Waals surface area contributed by atoms with Crippen molar-refractivity contribution < 1.29 is 9.47 Å². The number of nitrogens with zero attached hydrogens (tertiary/aromatic N) is 1. The molecule has 0 aliphatic heterocycles. The van der Waals surface area contributed by atoms with Gasteiger partial charge in [-0.2, -0.15) is 0 Å². The Balaban J connectivity index is 0.000000757. The predicted octanol–water partition coefficient (Wildman–Crippen LogP) is 6.05. The summed E-state index contributed by atoms with van der Waals surface area (Å²) >= 11 is 0. The Bertz CT molecular complexity index is 953. The highest BCUT2D eigenvalue weighted by atomic mass is 16.5. The van der Waals surface area contributed by atoms with Crippen LogP contribution in [0.3, 0.4) is 0 Å². The van der Waals surface area contributed by atoms with E-state index in [0.717, 1.165) is 34.3 Å².